The molecule has 0 aliphatic carbocycles. The summed E-state index contributed by atoms with van der Waals surface area (Å²) < 4.78 is 0. The van der Waals surface area contributed by atoms with Crippen molar-refractivity contribution in [1.29, 1.82) is 0 Å². The van der Waals surface area contributed by atoms with E-state index in [0.29, 0.717) is 11.6 Å². The number of carbonyl (C=O) groups excluding carboxylic acids is 1. The quantitative estimate of drug-likeness (QED) is 0.649. The van der Waals surface area contributed by atoms with Gasteiger partial charge in [-0.2, -0.15) is 0 Å². The number of fused-ring (bicyclic) bond motifs is 1. The number of benzene rings is 2. The number of aromatic amines is 1. The first-order chi connectivity index (χ1) is 11.1. The molecule has 0 bridgehead atoms. The lowest BCUT2D eigenvalue weighted by molar-refractivity contribution is 0.252. The lowest BCUT2D eigenvalue weighted by atomic mass is 10.1. The summed E-state index contributed by atoms with van der Waals surface area (Å²) in [7, 11) is 0. The van der Waals surface area contributed by atoms with Crippen LogP contribution < -0.4 is 10.6 Å². The van der Waals surface area contributed by atoms with Crippen molar-refractivity contribution >= 4 is 34.2 Å². The van der Waals surface area contributed by atoms with Gasteiger partial charge in [0.15, 0.2) is 0 Å². The molecule has 4 nitrogen and oxygen atoms in total. The van der Waals surface area contributed by atoms with Gasteiger partial charge in [-0.25, -0.2) is 4.79 Å². The van der Waals surface area contributed by atoms with Crippen LogP contribution in [-0.2, 0) is 6.42 Å². The van der Waals surface area contributed by atoms with E-state index < -0.39 is 0 Å². The summed E-state index contributed by atoms with van der Waals surface area (Å²) in [6.45, 7) is 2.65. The molecule has 1 aromatic heterocycles. The van der Waals surface area contributed by atoms with E-state index >= 15 is 0 Å². The molecule has 5 heteroatoms. The number of carbonyl (C=O) groups is 1. The smallest absolute Gasteiger partial charge is 0.319 e. The molecule has 0 aliphatic heterocycles. The van der Waals surface area contributed by atoms with Crippen molar-refractivity contribution in [3.05, 3.63) is 64.8 Å². The van der Waals surface area contributed by atoms with Crippen molar-refractivity contribution in [3.63, 3.8) is 0 Å². The van der Waals surface area contributed by atoms with Gasteiger partial charge in [0.05, 0.1) is 0 Å². The van der Waals surface area contributed by atoms with Gasteiger partial charge < -0.3 is 15.6 Å². The second-order valence-corrected chi connectivity index (χ2v) is 5.94. The number of anilines is 1. The number of nitrogens with one attached hydrogen (secondary N) is 3. The summed E-state index contributed by atoms with van der Waals surface area (Å²) in [6, 6.07) is 13.1. The highest BCUT2D eigenvalue weighted by atomic mass is 35.5. The van der Waals surface area contributed by atoms with Crippen molar-refractivity contribution in [2.45, 2.75) is 13.3 Å². The summed E-state index contributed by atoms with van der Waals surface area (Å²) in [5, 5.41) is 7.50. The van der Waals surface area contributed by atoms with Crippen LogP contribution in [-0.4, -0.2) is 17.6 Å². The van der Waals surface area contributed by atoms with Gasteiger partial charge in [-0.3, -0.25) is 0 Å². The number of urea groups is 1. The first kappa shape index (κ1) is 15.4. The molecule has 0 saturated heterocycles. The minimum atomic E-state index is -0.219. The van der Waals surface area contributed by atoms with Crippen LogP contribution in [0.5, 0.6) is 0 Å². The second kappa shape index (κ2) is 6.75. The van der Waals surface area contributed by atoms with Crippen molar-refractivity contribution in [1.82, 2.24) is 10.3 Å². The van der Waals surface area contributed by atoms with E-state index in [1.807, 2.05) is 6.20 Å². The minimum Gasteiger partial charge on any atom is -0.361 e. The predicted molar refractivity (Wildman–Crippen MR) is 95.2 cm³/mol. The van der Waals surface area contributed by atoms with Crippen molar-refractivity contribution in [2.75, 3.05) is 11.9 Å². The highest BCUT2D eigenvalue weighted by molar-refractivity contribution is 6.30. The molecule has 3 rings (SSSR count). The molecule has 0 atom stereocenters. The third-order valence-electron chi connectivity index (χ3n) is 3.70. The van der Waals surface area contributed by atoms with E-state index in [0.717, 1.165) is 17.6 Å². The minimum absolute atomic E-state index is 0.219. The number of aryl methyl sites for hydroxylation is 1. The molecule has 118 valence electrons. The number of hydrogen-bond donors (Lipinski definition) is 3. The Hall–Kier alpha value is -2.46. The molecule has 3 N–H and O–H groups in total. The SMILES string of the molecule is Cc1ccc2[nH]cc(CCNC(=O)Nc3ccc(Cl)cc3)c2c1. The standard InChI is InChI=1S/C18H18ClN3O/c1-12-2-7-17-16(10-12)13(11-21-17)8-9-20-18(23)22-15-5-3-14(19)4-6-15/h2-7,10-11,21H,8-9H2,1H3,(H2,20,22,23). The molecular formula is C18H18ClN3O. The highest BCUT2D eigenvalue weighted by Crippen LogP contribution is 2.19. The average molecular weight is 328 g/mol. The average Bonchev–Trinajstić information content (AvgIpc) is 2.92. The van der Waals surface area contributed by atoms with Crippen LogP contribution in [0.4, 0.5) is 10.5 Å². The molecule has 0 unspecified atom stereocenters. The number of rotatable bonds is 4. The molecule has 2 aromatic carbocycles. The van der Waals surface area contributed by atoms with Gasteiger partial charge in [-0.15, -0.1) is 0 Å². The Balaban J connectivity index is 1.55. The maximum atomic E-state index is 11.9. The summed E-state index contributed by atoms with van der Waals surface area (Å²) >= 11 is 5.82. The number of amides is 2. The Kier molecular flexibility index (Phi) is 4.53. The topological polar surface area (TPSA) is 56.9 Å². The molecular weight excluding hydrogens is 310 g/mol. The number of H-pyrrole nitrogens is 1. The largest absolute Gasteiger partial charge is 0.361 e. The van der Waals surface area contributed by atoms with Crippen LogP contribution in [0.3, 0.4) is 0 Å². The third kappa shape index (κ3) is 3.85. The van der Waals surface area contributed by atoms with E-state index in [4.69, 9.17) is 11.6 Å². The van der Waals surface area contributed by atoms with E-state index in [-0.39, 0.29) is 6.03 Å². The zero-order valence-electron chi connectivity index (χ0n) is 12.8. The van der Waals surface area contributed by atoms with E-state index in [9.17, 15) is 4.79 Å². The van der Waals surface area contributed by atoms with Crippen molar-refractivity contribution in [2.24, 2.45) is 0 Å². The normalized spacial score (nSPS) is 10.7. The van der Waals surface area contributed by atoms with Crippen molar-refractivity contribution < 1.29 is 4.79 Å². The van der Waals surface area contributed by atoms with Crippen LogP contribution >= 0.6 is 11.6 Å². The van der Waals surface area contributed by atoms with Crippen LogP contribution in [0.15, 0.2) is 48.7 Å². The van der Waals surface area contributed by atoms with E-state index in [1.54, 1.807) is 24.3 Å². The Morgan fingerprint density at radius 2 is 1.96 bits per heavy atom. The molecule has 2 amide bonds. The summed E-state index contributed by atoms with van der Waals surface area (Å²) in [6.07, 6.45) is 2.78. The zero-order chi connectivity index (χ0) is 16.2. The molecule has 0 fully saturated rings. The van der Waals surface area contributed by atoms with Crippen LogP contribution in [0.1, 0.15) is 11.1 Å². The Bertz CT molecular complexity index is 824. The van der Waals surface area contributed by atoms with Crippen LogP contribution in [0.2, 0.25) is 5.02 Å². The predicted octanol–water partition coefficient (Wildman–Crippen LogP) is 4.49. The Labute approximate surface area is 139 Å². The van der Waals surface area contributed by atoms with Crippen molar-refractivity contribution in [3.8, 4) is 0 Å². The fourth-order valence-corrected chi connectivity index (χ4v) is 2.64. The first-order valence-corrected chi connectivity index (χ1v) is 7.86. The Morgan fingerprint density at radius 3 is 2.74 bits per heavy atom. The van der Waals surface area contributed by atoms with Gasteiger partial charge >= 0.3 is 6.03 Å². The first-order valence-electron chi connectivity index (χ1n) is 7.49. The molecule has 0 radical (unpaired) electrons. The van der Waals surface area contributed by atoms with Gasteiger partial charge in [0, 0.05) is 34.4 Å². The highest BCUT2D eigenvalue weighted by Gasteiger charge is 2.05. The third-order valence-corrected chi connectivity index (χ3v) is 3.96. The lowest BCUT2D eigenvalue weighted by Gasteiger charge is -2.07. The summed E-state index contributed by atoms with van der Waals surface area (Å²) in [4.78, 5) is 15.1. The van der Waals surface area contributed by atoms with Crippen LogP contribution in [0, 0.1) is 6.92 Å². The maximum absolute atomic E-state index is 11.9. The second-order valence-electron chi connectivity index (χ2n) is 5.50. The van der Waals surface area contributed by atoms with E-state index in [2.05, 4.69) is 40.7 Å². The summed E-state index contributed by atoms with van der Waals surface area (Å²) in [5.74, 6) is 0. The molecule has 23 heavy (non-hydrogen) atoms. The zero-order valence-corrected chi connectivity index (χ0v) is 13.6. The molecule has 1 heterocycles. The number of aromatic nitrogens is 1. The maximum Gasteiger partial charge on any atom is 0.319 e. The molecule has 3 aromatic rings. The fourth-order valence-electron chi connectivity index (χ4n) is 2.52. The number of halogens is 1. The monoisotopic (exact) mass is 327 g/mol. The van der Waals surface area contributed by atoms with Gasteiger partial charge in [0.2, 0.25) is 0 Å². The van der Waals surface area contributed by atoms with Gasteiger partial charge in [0.1, 0.15) is 0 Å². The van der Waals surface area contributed by atoms with Gasteiger partial charge in [-0.05, 0) is 55.3 Å². The Morgan fingerprint density at radius 1 is 1.17 bits per heavy atom. The molecule has 0 saturated carbocycles. The van der Waals surface area contributed by atoms with Crippen LogP contribution in [0.25, 0.3) is 10.9 Å². The molecule has 0 aliphatic rings. The van der Waals surface area contributed by atoms with E-state index in [1.165, 1.54) is 16.5 Å². The lowest BCUT2D eigenvalue weighted by Crippen LogP contribution is -2.30. The molecule has 0 spiro atoms. The van der Waals surface area contributed by atoms with Gasteiger partial charge in [0.25, 0.3) is 0 Å². The summed E-state index contributed by atoms with van der Waals surface area (Å²) in [5.41, 5.74) is 4.27. The number of hydrogen-bond acceptors (Lipinski definition) is 1. The fraction of sp³-hybridized carbons (Fsp3) is 0.167. The van der Waals surface area contributed by atoms with Gasteiger partial charge in [-0.1, -0.05) is 23.2 Å².